The zero-order chi connectivity index (χ0) is 24.0. The minimum Gasteiger partial charge on any atom is -0.364 e. The van der Waals surface area contributed by atoms with Gasteiger partial charge in [-0.3, -0.25) is 0 Å². The van der Waals surface area contributed by atoms with Crippen LogP contribution in [0, 0.1) is 25.2 Å². The molecule has 0 aliphatic heterocycles. The van der Waals surface area contributed by atoms with Crippen molar-refractivity contribution < 1.29 is 0 Å². The topological polar surface area (TPSA) is 64.8 Å². The van der Waals surface area contributed by atoms with Crippen LogP contribution in [-0.2, 0) is 13.1 Å². The van der Waals surface area contributed by atoms with Crippen LogP contribution in [0.15, 0.2) is 49.0 Å². The fraction of sp³-hybridized carbons (Fsp3) is 0.250. The predicted molar refractivity (Wildman–Crippen MR) is 137 cm³/mol. The summed E-state index contributed by atoms with van der Waals surface area (Å²) in [6, 6.07) is 16.5. The number of aromatic nitrogens is 2. The van der Waals surface area contributed by atoms with Crippen LogP contribution in [0.25, 0.3) is 17.7 Å². The van der Waals surface area contributed by atoms with E-state index in [4.69, 9.17) is 0 Å². The van der Waals surface area contributed by atoms with Crippen molar-refractivity contribution in [1.82, 2.24) is 15.1 Å². The lowest BCUT2D eigenvalue weighted by atomic mass is 10.0. The maximum Gasteiger partial charge on any atom is 0.156 e. The molecule has 5 heteroatoms. The second-order valence-electron chi connectivity index (χ2n) is 8.41. The highest BCUT2D eigenvalue weighted by molar-refractivity contribution is 5.87. The molecule has 168 valence electrons. The molecule has 0 amide bonds. The van der Waals surface area contributed by atoms with Gasteiger partial charge in [0.1, 0.15) is 0 Å². The molecule has 0 bridgehead atoms. The highest BCUT2D eigenvalue weighted by Gasteiger charge is 2.08. The number of anilines is 1. The molecule has 1 N–H and O–H groups in total. The second-order valence-corrected chi connectivity index (χ2v) is 8.41. The van der Waals surface area contributed by atoms with Gasteiger partial charge in [-0.05, 0) is 74.8 Å². The van der Waals surface area contributed by atoms with Gasteiger partial charge in [-0.15, -0.1) is 5.10 Å². The SMILES string of the molecule is C=C(/C=c1/c(NCc2cccc(C#N)c2C)nnc(C)/c1=C/C)c1ccc(CN(C)C)cc1. The van der Waals surface area contributed by atoms with Gasteiger partial charge in [0.2, 0.25) is 0 Å². The third-order valence-corrected chi connectivity index (χ3v) is 5.68. The number of hydrogen-bond acceptors (Lipinski definition) is 5. The van der Waals surface area contributed by atoms with Crippen molar-refractivity contribution >= 4 is 23.5 Å². The number of nitrogens with zero attached hydrogens (tertiary/aromatic N) is 4. The Morgan fingerprint density at radius 1 is 1.09 bits per heavy atom. The summed E-state index contributed by atoms with van der Waals surface area (Å²) < 4.78 is 0. The summed E-state index contributed by atoms with van der Waals surface area (Å²) in [6.07, 6.45) is 4.12. The van der Waals surface area contributed by atoms with E-state index in [1.807, 2.05) is 39.0 Å². The number of benzene rings is 2. The third-order valence-electron chi connectivity index (χ3n) is 5.68. The van der Waals surface area contributed by atoms with Gasteiger partial charge in [0.15, 0.2) is 5.82 Å². The fourth-order valence-corrected chi connectivity index (χ4v) is 3.82. The molecule has 33 heavy (non-hydrogen) atoms. The number of nitriles is 1. The quantitative estimate of drug-likeness (QED) is 0.607. The molecule has 1 heterocycles. The van der Waals surface area contributed by atoms with Crippen molar-refractivity contribution in [3.63, 3.8) is 0 Å². The highest BCUT2D eigenvalue weighted by atomic mass is 15.2. The Balaban J connectivity index is 1.97. The predicted octanol–water partition coefficient (Wildman–Crippen LogP) is 3.93. The average molecular weight is 438 g/mol. The summed E-state index contributed by atoms with van der Waals surface area (Å²) in [4.78, 5) is 2.15. The van der Waals surface area contributed by atoms with Crippen LogP contribution in [0.1, 0.15) is 40.4 Å². The van der Waals surface area contributed by atoms with Gasteiger partial charge in [0.05, 0.1) is 17.3 Å². The second kappa shape index (κ2) is 10.7. The molecular formula is C28H31N5. The van der Waals surface area contributed by atoms with Gasteiger partial charge in [-0.25, -0.2) is 0 Å². The highest BCUT2D eigenvalue weighted by Crippen LogP contribution is 2.16. The zero-order valence-corrected chi connectivity index (χ0v) is 20.1. The molecule has 1 aromatic heterocycles. The fourth-order valence-electron chi connectivity index (χ4n) is 3.82. The molecule has 0 aliphatic rings. The van der Waals surface area contributed by atoms with Crippen molar-refractivity contribution in [1.29, 1.82) is 5.26 Å². The minimum absolute atomic E-state index is 0.550. The summed E-state index contributed by atoms with van der Waals surface area (Å²) in [5.74, 6) is 0.695. The molecule has 0 aliphatic carbocycles. The Kier molecular flexibility index (Phi) is 7.76. The Morgan fingerprint density at radius 3 is 2.45 bits per heavy atom. The van der Waals surface area contributed by atoms with Crippen molar-refractivity contribution in [2.75, 3.05) is 19.4 Å². The zero-order valence-electron chi connectivity index (χ0n) is 20.1. The molecule has 0 saturated heterocycles. The van der Waals surface area contributed by atoms with Crippen LogP contribution in [-0.4, -0.2) is 29.2 Å². The first-order chi connectivity index (χ1) is 15.8. The molecule has 0 spiro atoms. The molecule has 5 nitrogen and oxygen atoms in total. The Hall–Kier alpha value is -3.75. The van der Waals surface area contributed by atoms with Crippen molar-refractivity contribution in [3.05, 3.63) is 93.0 Å². The monoisotopic (exact) mass is 437 g/mol. The average Bonchev–Trinajstić information content (AvgIpc) is 2.79. The summed E-state index contributed by atoms with van der Waals surface area (Å²) in [5, 5.41) is 23.5. The Labute approximate surface area is 196 Å². The molecule has 2 aromatic carbocycles. The van der Waals surface area contributed by atoms with E-state index in [9.17, 15) is 5.26 Å². The van der Waals surface area contributed by atoms with Gasteiger partial charge in [-0.2, -0.15) is 10.4 Å². The molecule has 0 fully saturated rings. The van der Waals surface area contributed by atoms with Crippen LogP contribution in [0.3, 0.4) is 0 Å². The first-order valence-electron chi connectivity index (χ1n) is 11.0. The van der Waals surface area contributed by atoms with Gasteiger partial charge in [-0.1, -0.05) is 49.1 Å². The maximum atomic E-state index is 9.32. The van der Waals surface area contributed by atoms with Gasteiger partial charge >= 0.3 is 0 Å². The Bertz CT molecular complexity index is 1310. The molecule has 0 saturated carbocycles. The summed E-state index contributed by atoms with van der Waals surface area (Å²) in [5.41, 5.74) is 6.82. The normalized spacial score (nSPS) is 12.2. The first kappa shape index (κ1) is 23.9. The largest absolute Gasteiger partial charge is 0.364 e. The summed E-state index contributed by atoms with van der Waals surface area (Å²) in [6.45, 7) is 11.7. The molecule has 3 aromatic rings. The van der Waals surface area contributed by atoms with Crippen LogP contribution in [0.2, 0.25) is 0 Å². The van der Waals surface area contributed by atoms with E-state index in [-0.39, 0.29) is 0 Å². The molecule has 0 unspecified atom stereocenters. The summed E-state index contributed by atoms with van der Waals surface area (Å²) in [7, 11) is 4.13. The van der Waals surface area contributed by atoms with Gasteiger partial charge < -0.3 is 10.2 Å². The van der Waals surface area contributed by atoms with E-state index in [0.717, 1.165) is 44.9 Å². The van der Waals surface area contributed by atoms with E-state index in [1.165, 1.54) is 5.56 Å². The molecule has 0 atom stereocenters. The number of rotatable bonds is 7. The molecule has 0 radical (unpaired) electrons. The van der Waals surface area contributed by atoms with Crippen LogP contribution >= 0.6 is 0 Å². The third kappa shape index (κ3) is 5.74. The first-order valence-corrected chi connectivity index (χ1v) is 11.0. The molecule has 3 rings (SSSR count). The van der Waals surface area contributed by atoms with Crippen molar-refractivity contribution in [3.8, 4) is 6.07 Å². The lowest BCUT2D eigenvalue weighted by Gasteiger charge is -2.12. The maximum absolute atomic E-state index is 9.32. The van der Waals surface area contributed by atoms with Crippen molar-refractivity contribution in [2.24, 2.45) is 0 Å². The lowest BCUT2D eigenvalue weighted by Crippen LogP contribution is -2.33. The standard InChI is InChI=1S/C28H31N5/c1-7-26-21(4)31-32-28(30-17-25-10-8-9-24(16-29)20(25)3)27(26)15-19(2)23-13-11-22(12-14-23)18-33(5)6/h7-15H,2,17-18H2,1,3-6H3,(H,30,32)/b26-7-,27-15+. The van der Waals surface area contributed by atoms with Crippen LogP contribution in [0.5, 0.6) is 0 Å². The number of hydrogen-bond donors (Lipinski definition) is 1. The smallest absolute Gasteiger partial charge is 0.156 e. The van der Waals surface area contributed by atoms with E-state index in [0.29, 0.717) is 17.9 Å². The number of nitrogens with one attached hydrogen (secondary N) is 1. The number of aryl methyl sites for hydroxylation is 1. The number of allylic oxidation sites excluding steroid dienone is 1. The van der Waals surface area contributed by atoms with Crippen molar-refractivity contribution in [2.45, 2.75) is 33.9 Å². The van der Waals surface area contributed by atoms with Gasteiger partial charge in [0.25, 0.3) is 0 Å². The lowest BCUT2D eigenvalue weighted by molar-refractivity contribution is 0.402. The van der Waals surface area contributed by atoms with Gasteiger partial charge in [0, 0.05) is 23.5 Å². The minimum atomic E-state index is 0.550. The Morgan fingerprint density at radius 2 is 1.82 bits per heavy atom. The van der Waals surface area contributed by atoms with E-state index < -0.39 is 0 Å². The van der Waals surface area contributed by atoms with E-state index in [1.54, 1.807) is 0 Å². The summed E-state index contributed by atoms with van der Waals surface area (Å²) >= 11 is 0. The molecular weight excluding hydrogens is 406 g/mol. The van der Waals surface area contributed by atoms with E-state index in [2.05, 4.69) is 83.6 Å². The van der Waals surface area contributed by atoms with E-state index >= 15 is 0 Å². The van der Waals surface area contributed by atoms with Crippen LogP contribution in [0.4, 0.5) is 5.82 Å². The van der Waals surface area contributed by atoms with Crippen LogP contribution < -0.4 is 15.8 Å².